The van der Waals surface area contributed by atoms with Crippen molar-refractivity contribution in [3.63, 3.8) is 0 Å². The van der Waals surface area contributed by atoms with Crippen molar-refractivity contribution in [2.45, 2.75) is 32.4 Å². The summed E-state index contributed by atoms with van der Waals surface area (Å²) in [7, 11) is 0. The largest absolute Gasteiger partial charge is 0.478 e. The Morgan fingerprint density at radius 2 is 1.70 bits per heavy atom. The zero-order valence-corrected chi connectivity index (χ0v) is 16.5. The van der Waals surface area contributed by atoms with Crippen molar-refractivity contribution in [1.82, 2.24) is 9.13 Å². The van der Waals surface area contributed by atoms with Gasteiger partial charge in [-0.1, -0.05) is 42.5 Å². The maximum atomic E-state index is 12.8. The van der Waals surface area contributed by atoms with Gasteiger partial charge in [0.15, 0.2) is 0 Å². The standard InChI is InChI=1S/C25H22N2O3/c1-3-5-9-21-18-26(16-6-4-2)25(30)27(21)17-19-12-14-20(15-13-19)22-10-7-8-11-23(22)24(28)29/h1-2,7-8,10-15,18H,5-6,9,16-17H2,(H,28,29). The van der Waals surface area contributed by atoms with Crippen LogP contribution in [0.1, 0.15) is 34.5 Å². The van der Waals surface area contributed by atoms with Gasteiger partial charge in [0, 0.05) is 37.7 Å². The van der Waals surface area contributed by atoms with E-state index in [1.165, 1.54) is 0 Å². The lowest BCUT2D eigenvalue weighted by molar-refractivity contribution is 0.0697. The smallest absolute Gasteiger partial charge is 0.336 e. The number of aromatic nitrogens is 2. The van der Waals surface area contributed by atoms with Gasteiger partial charge < -0.3 is 5.11 Å². The monoisotopic (exact) mass is 398 g/mol. The maximum Gasteiger partial charge on any atom is 0.336 e. The Morgan fingerprint density at radius 3 is 2.37 bits per heavy atom. The average Bonchev–Trinajstić information content (AvgIpc) is 3.05. The van der Waals surface area contributed by atoms with Gasteiger partial charge in [-0.2, -0.15) is 0 Å². The number of hydrogen-bond acceptors (Lipinski definition) is 2. The Labute approximate surface area is 175 Å². The number of hydrogen-bond donors (Lipinski definition) is 1. The molecule has 3 aromatic rings. The van der Waals surface area contributed by atoms with E-state index in [1.807, 2.05) is 36.5 Å². The van der Waals surface area contributed by atoms with Gasteiger partial charge >= 0.3 is 11.7 Å². The number of carbonyl (C=O) groups is 1. The van der Waals surface area contributed by atoms with Crippen LogP contribution in [0.25, 0.3) is 11.1 Å². The Morgan fingerprint density at radius 1 is 1.00 bits per heavy atom. The minimum absolute atomic E-state index is 0.113. The van der Waals surface area contributed by atoms with Crippen molar-refractivity contribution in [2.75, 3.05) is 0 Å². The predicted octanol–water partition coefficient (Wildman–Crippen LogP) is 3.65. The molecule has 5 nitrogen and oxygen atoms in total. The molecule has 0 radical (unpaired) electrons. The van der Waals surface area contributed by atoms with E-state index < -0.39 is 5.97 Å². The molecular formula is C25H22N2O3. The lowest BCUT2D eigenvalue weighted by atomic mass is 9.99. The highest BCUT2D eigenvalue weighted by Gasteiger charge is 2.13. The highest BCUT2D eigenvalue weighted by Crippen LogP contribution is 2.24. The van der Waals surface area contributed by atoms with Gasteiger partial charge in [0.2, 0.25) is 0 Å². The van der Waals surface area contributed by atoms with Gasteiger partial charge in [-0.15, -0.1) is 24.7 Å². The molecule has 0 aliphatic rings. The van der Waals surface area contributed by atoms with Gasteiger partial charge in [0.1, 0.15) is 0 Å². The molecule has 1 aromatic heterocycles. The van der Waals surface area contributed by atoms with Gasteiger partial charge in [-0.05, 0) is 22.8 Å². The van der Waals surface area contributed by atoms with Crippen LogP contribution < -0.4 is 5.69 Å². The molecule has 0 aliphatic carbocycles. The van der Waals surface area contributed by atoms with E-state index in [4.69, 9.17) is 12.8 Å². The first-order valence-corrected chi connectivity index (χ1v) is 9.62. The fourth-order valence-electron chi connectivity index (χ4n) is 3.39. The highest BCUT2D eigenvalue weighted by atomic mass is 16.4. The van der Waals surface area contributed by atoms with Crippen molar-refractivity contribution in [3.05, 3.63) is 82.0 Å². The fourth-order valence-corrected chi connectivity index (χ4v) is 3.39. The average molecular weight is 398 g/mol. The molecule has 0 fully saturated rings. The van der Waals surface area contributed by atoms with E-state index in [2.05, 4.69) is 11.8 Å². The Kier molecular flexibility index (Phi) is 6.57. The van der Waals surface area contributed by atoms with E-state index in [0.29, 0.717) is 37.9 Å². The third-order valence-electron chi connectivity index (χ3n) is 4.91. The summed E-state index contributed by atoms with van der Waals surface area (Å²) in [5.41, 5.74) is 3.41. The Bertz CT molecular complexity index is 1180. The molecule has 0 aliphatic heterocycles. The fraction of sp³-hybridized carbons (Fsp3) is 0.200. The number of aromatic carboxylic acids is 1. The van der Waals surface area contributed by atoms with E-state index in [0.717, 1.165) is 16.8 Å². The molecule has 3 rings (SSSR count). The van der Waals surface area contributed by atoms with Crippen LogP contribution in [-0.2, 0) is 19.5 Å². The topological polar surface area (TPSA) is 64.2 Å². The van der Waals surface area contributed by atoms with Crippen molar-refractivity contribution < 1.29 is 9.90 Å². The summed E-state index contributed by atoms with van der Waals surface area (Å²) in [6.45, 7) is 0.874. The van der Waals surface area contributed by atoms with Gasteiger partial charge in [0.05, 0.1) is 12.1 Å². The second kappa shape index (κ2) is 9.49. The summed E-state index contributed by atoms with van der Waals surface area (Å²) in [5.74, 6) is 4.21. The van der Waals surface area contributed by atoms with Crippen LogP contribution >= 0.6 is 0 Å². The highest BCUT2D eigenvalue weighted by molar-refractivity contribution is 5.95. The van der Waals surface area contributed by atoms with Crippen LogP contribution in [0.3, 0.4) is 0 Å². The van der Waals surface area contributed by atoms with E-state index in [9.17, 15) is 14.7 Å². The molecule has 30 heavy (non-hydrogen) atoms. The number of carboxylic acids is 1. The first-order chi connectivity index (χ1) is 14.5. The lowest BCUT2D eigenvalue weighted by Crippen LogP contribution is -2.25. The quantitative estimate of drug-likeness (QED) is 0.589. The van der Waals surface area contributed by atoms with Crippen molar-refractivity contribution >= 4 is 5.97 Å². The second-order valence-electron chi connectivity index (χ2n) is 6.89. The summed E-state index contributed by atoms with van der Waals surface area (Å²) in [6.07, 6.45) is 14.2. The van der Waals surface area contributed by atoms with E-state index in [-0.39, 0.29) is 11.3 Å². The minimum atomic E-state index is -0.965. The van der Waals surface area contributed by atoms with Crippen LogP contribution in [0, 0.1) is 24.7 Å². The third-order valence-corrected chi connectivity index (χ3v) is 4.91. The van der Waals surface area contributed by atoms with Crippen LogP contribution in [0.5, 0.6) is 0 Å². The lowest BCUT2D eigenvalue weighted by Gasteiger charge is -2.09. The number of aryl methyl sites for hydroxylation is 2. The molecule has 0 spiro atoms. The molecule has 0 bridgehead atoms. The molecule has 0 unspecified atom stereocenters. The summed E-state index contributed by atoms with van der Waals surface area (Å²) in [5, 5.41) is 9.41. The first kappa shape index (κ1) is 20.8. The summed E-state index contributed by atoms with van der Waals surface area (Å²) in [4.78, 5) is 24.3. The SMILES string of the molecule is C#CCCc1cn(CCC#C)c(=O)n1Cc1ccc(-c2ccccc2C(=O)O)cc1. The number of nitrogens with zero attached hydrogens (tertiary/aromatic N) is 2. The van der Waals surface area contributed by atoms with E-state index >= 15 is 0 Å². The number of rotatable bonds is 8. The summed E-state index contributed by atoms with van der Waals surface area (Å²) < 4.78 is 3.34. The normalized spacial score (nSPS) is 10.3. The molecule has 0 saturated carbocycles. The zero-order chi connectivity index (χ0) is 21.5. The van der Waals surface area contributed by atoms with Crippen LogP contribution in [0.2, 0.25) is 0 Å². The van der Waals surface area contributed by atoms with Crippen molar-refractivity contribution in [3.8, 4) is 35.8 Å². The van der Waals surface area contributed by atoms with Gasteiger partial charge in [0.25, 0.3) is 0 Å². The molecule has 5 heteroatoms. The van der Waals surface area contributed by atoms with Crippen LogP contribution in [0.15, 0.2) is 59.5 Å². The summed E-state index contributed by atoms with van der Waals surface area (Å²) >= 11 is 0. The predicted molar refractivity (Wildman–Crippen MR) is 117 cm³/mol. The third kappa shape index (κ3) is 4.54. The number of imidazole rings is 1. The second-order valence-corrected chi connectivity index (χ2v) is 6.89. The molecule has 1 heterocycles. The van der Waals surface area contributed by atoms with Crippen molar-refractivity contribution in [2.24, 2.45) is 0 Å². The molecule has 0 saturated heterocycles. The molecule has 0 atom stereocenters. The first-order valence-electron chi connectivity index (χ1n) is 9.62. The van der Waals surface area contributed by atoms with Gasteiger partial charge in [-0.25, -0.2) is 9.59 Å². The Hall–Kier alpha value is -3.96. The molecule has 0 amide bonds. The van der Waals surface area contributed by atoms with E-state index in [1.54, 1.807) is 27.3 Å². The van der Waals surface area contributed by atoms with Crippen LogP contribution in [0.4, 0.5) is 0 Å². The van der Waals surface area contributed by atoms with Crippen molar-refractivity contribution in [1.29, 1.82) is 0 Å². The van der Waals surface area contributed by atoms with Gasteiger partial charge in [-0.3, -0.25) is 9.13 Å². The Balaban J connectivity index is 1.89. The minimum Gasteiger partial charge on any atom is -0.478 e. The number of carboxylic acid groups (broad SMARTS) is 1. The zero-order valence-electron chi connectivity index (χ0n) is 16.5. The number of terminal acetylenes is 2. The molecule has 1 N–H and O–H groups in total. The van der Waals surface area contributed by atoms with Crippen LogP contribution in [-0.4, -0.2) is 20.2 Å². The summed E-state index contributed by atoms with van der Waals surface area (Å²) in [6, 6.07) is 14.4. The molecule has 2 aromatic carbocycles. The molecule has 150 valence electrons. The molecular weight excluding hydrogens is 376 g/mol. The maximum absolute atomic E-state index is 12.8. The number of benzene rings is 2.